The van der Waals surface area contributed by atoms with Crippen LogP contribution in [0, 0.1) is 13.8 Å². The molecule has 1 amide bonds. The Balaban J connectivity index is 2.48. The van der Waals surface area contributed by atoms with Gasteiger partial charge in [0.2, 0.25) is 10.0 Å². The molecule has 0 bridgehead atoms. The minimum Gasteiger partial charge on any atom is -0.489 e. The number of anilines is 1. The maximum absolute atomic E-state index is 12.9. The molecular formula is C22H30N2O4S. The van der Waals surface area contributed by atoms with Crippen LogP contribution in [0.1, 0.15) is 49.2 Å². The van der Waals surface area contributed by atoms with Crippen LogP contribution < -0.4 is 10.1 Å². The molecule has 2 aromatic carbocycles. The number of amides is 1. The first kappa shape index (κ1) is 22.9. The van der Waals surface area contributed by atoms with Crippen molar-refractivity contribution in [3.8, 4) is 5.75 Å². The van der Waals surface area contributed by atoms with Crippen LogP contribution in [0.15, 0.2) is 41.3 Å². The summed E-state index contributed by atoms with van der Waals surface area (Å²) in [6.07, 6.45) is -0.128. The first-order valence-corrected chi connectivity index (χ1v) is 11.2. The smallest absolute Gasteiger partial charge is 0.256 e. The van der Waals surface area contributed by atoms with E-state index in [1.54, 1.807) is 26.0 Å². The quantitative estimate of drug-likeness (QED) is 0.690. The van der Waals surface area contributed by atoms with Gasteiger partial charge in [0.1, 0.15) is 5.75 Å². The van der Waals surface area contributed by atoms with Gasteiger partial charge in [0.05, 0.1) is 16.7 Å². The van der Waals surface area contributed by atoms with E-state index in [0.29, 0.717) is 30.1 Å². The maximum Gasteiger partial charge on any atom is 0.256 e. The molecule has 29 heavy (non-hydrogen) atoms. The number of carbonyl (C=O) groups is 1. The Morgan fingerprint density at radius 3 is 2.28 bits per heavy atom. The largest absolute Gasteiger partial charge is 0.489 e. The summed E-state index contributed by atoms with van der Waals surface area (Å²) < 4.78 is 33.0. The number of benzene rings is 2. The van der Waals surface area contributed by atoms with Crippen molar-refractivity contribution in [2.45, 2.75) is 52.5 Å². The summed E-state index contributed by atoms with van der Waals surface area (Å²) in [6.45, 7) is 11.9. The van der Waals surface area contributed by atoms with E-state index in [9.17, 15) is 13.2 Å². The second kappa shape index (κ2) is 9.41. The van der Waals surface area contributed by atoms with Gasteiger partial charge in [-0.25, -0.2) is 8.42 Å². The number of hydrogen-bond acceptors (Lipinski definition) is 4. The number of sulfonamides is 1. The van der Waals surface area contributed by atoms with E-state index in [4.69, 9.17) is 4.74 Å². The van der Waals surface area contributed by atoms with Gasteiger partial charge in [0, 0.05) is 18.7 Å². The molecule has 0 aliphatic carbocycles. The highest BCUT2D eigenvalue weighted by atomic mass is 32.2. The Kier molecular flexibility index (Phi) is 7.43. The monoisotopic (exact) mass is 418 g/mol. The molecule has 2 rings (SSSR count). The third kappa shape index (κ3) is 5.36. The highest BCUT2D eigenvalue weighted by molar-refractivity contribution is 7.89. The van der Waals surface area contributed by atoms with Crippen molar-refractivity contribution in [1.82, 2.24) is 4.31 Å². The van der Waals surface area contributed by atoms with E-state index in [-0.39, 0.29) is 16.9 Å². The molecular weight excluding hydrogens is 388 g/mol. The second-order valence-corrected chi connectivity index (χ2v) is 9.12. The van der Waals surface area contributed by atoms with Crippen molar-refractivity contribution in [3.05, 3.63) is 53.1 Å². The van der Waals surface area contributed by atoms with Crippen LogP contribution >= 0.6 is 0 Å². The van der Waals surface area contributed by atoms with E-state index in [0.717, 1.165) is 11.1 Å². The zero-order chi connectivity index (χ0) is 21.8. The molecule has 0 fully saturated rings. The van der Waals surface area contributed by atoms with Crippen LogP contribution in [-0.4, -0.2) is 37.8 Å². The van der Waals surface area contributed by atoms with Crippen molar-refractivity contribution in [3.63, 3.8) is 0 Å². The van der Waals surface area contributed by atoms with Crippen LogP contribution in [0.2, 0.25) is 0 Å². The lowest BCUT2D eigenvalue weighted by Crippen LogP contribution is -2.30. The van der Waals surface area contributed by atoms with E-state index >= 15 is 0 Å². The molecule has 0 spiro atoms. The van der Waals surface area contributed by atoms with E-state index in [1.807, 2.05) is 39.8 Å². The zero-order valence-corrected chi connectivity index (χ0v) is 18.8. The van der Waals surface area contributed by atoms with Gasteiger partial charge in [-0.05, 0) is 57.5 Å². The van der Waals surface area contributed by atoms with Gasteiger partial charge in [0.15, 0.2) is 0 Å². The topological polar surface area (TPSA) is 75.7 Å². The molecule has 0 saturated carbocycles. The van der Waals surface area contributed by atoms with Gasteiger partial charge >= 0.3 is 0 Å². The van der Waals surface area contributed by atoms with E-state index in [1.165, 1.54) is 16.4 Å². The third-order valence-corrected chi connectivity index (χ3v) is 6.58. The van der Waals surface area contributed by atoms with Gasteiger partial charge in [-0.1, -0.05) is 31.5 Å². The molecule has 158 valence electrons. The fraction of sp³-hybridized carbons (Fsp3) is 0.409. The summed E-state index contributed by atoms with van der Waals surface area (Å²) in [7, 11) is -3.66. The highest BCUT2D eigenvalue weighted by Crippen LogP contribution is 2.30. The minimum atomic E-state index is -3.66. The molecule has 6 nitrogen and oxygen atoms in total. The Morgan fingerprint density at radius 2 is 1.72 bits per heavy atom. The molecule has 0 aromatic heterocycles. The normalized spacial score (nSPS) is 11.7. The Hall–Kier alpha value is -2.38. The fourth-order valence-electron chi connectivity index (χ4n) is 3.09. The lowest BCUT2D eigenvalue weighted by molar-refractivity contribution is 0.102. The van der Waals surface area contributed by atoms with Crippen molar-refractivity contribution >= 4 is 21.6 Å². The molecule has 0 aliphatic heterocycles. The van der Waals surface area contributed by atoms with Gasteiger partial charge < -0.3 is 10.1 Å². The van der Waals surface area contributed by atoms with Crippen LogP contribution in [-0.2, 0) is 10.0 Å². The fourth-order valence-corrected chi connectivity index (χ4v) is 4.58. The molecule has 0 heterocycles. The third-order valence-electron chi connectivity index (χ3n) is 4.53. The summed E-state index contributed by atoms with van der Waals surface area (Å²) >= 11 is 0. The number of nitrogens with zero attached hydrogens (tertiary/aromatic N) is 1. The maximum atomic E-state index is 12.9. The minimum absolute atomic E-state index is 0.119. The summed E-state index contributed by atoms with van der Waals surface area (Å²) in [5.74, 6) is 0.116. The van der Waals surface area contributed by atoms with Gasteiger partial charge in [-0.15, -0.1) is 0 Å². The summed E-state index contributed by atoms with van der Waals surface area (Å²) in [5.41, 5.74) is 2.77. The lowest BCUT2D eigenvalue weighted by atomic mass is 10.1. The van der Waals surface area contributed by atoms with Crippen LogP contribution in [0.4, 0.5) is 5.69 Å². The molecule has 0 saturated heterocycles. The zero-order valence-electron chi connectivity index (χ0n) is 17.9. The Morgan fingerprint density at radius 1 is 1.07 bits per heavy atom. The van der Waals surface area contributed by atoms with Gasteiger partial charge in [-0.2, -0.15) is 4.31 Å². The predicted octanol–water partition coefficient (Wildman–Crippen LogP) is 4.37. The van der Waals surface area contributed by atoms with Gasteiger partial charge in [0.25, 0.3) is 5.91 Å². The summed E-state index contributed by atoms with van der Waals surface area (Å²) in [4.78, 5) is 13.0. The number of carbonyl (C=O) groups excluding carboxylic acids is 1. The van der Waals surface area contributed by atoms with E-state index < -0.39 is 10.0 Å². The lowest BCUT2D eigenvalue weighted by Gasteiger charge is -2.21. The van der Waals surface area contributed by atoms with Crippen LogP contribution in [0.25, 0.3) is 0 Å². The van der Waals surface area contributed by atoms with Crippen molar-refractivity contribution in [2.75, 3.05) is 18.4 Å². The molecule has 0 aliphatic rings. The van der Waals surface area contributed by atoms with E-state index in [2.05, 4.69) is 5.32 Å². The Labute approximate surface area is 173 Å². The van der Waals surface area contributed by atoms with Crippen LogP contribution in [0.3, 0.4) is 0 Å². The standard InChI is InChI=1S/C22H30N2O4S/c1-7-24(8-2)29(26,27)18-10-12-21(28-15(3)4)20(14-18)23-22(25)19-11-9-16(5)13-17(19)6/h9-15H,7-8H2,1-6H3,(H,23,25). The number of nitrogens with one attached hydrogen (secondary N) is 1. The molecule has 0 unspecified atom stereocenters. The van der Waals surface area contributed by atoms with Gasteiger partial charge in [-0.3, -0.25) is 4.79 Å². The molecule has 0 radical (unpaired) electrons. The number of hydrogen-bond donors (Lipinski definition) is 1. The summed E-state index contributed by atoms with van der Waals surface area (Å²) in [5, 5.41) is 2.83. The first-order valence-electron chi connectivity index (χ1n) is 9.79. The average molecular weight is 419 g/mol. The average Bonchev–Trinajstić information content (AvgIpc) is 2.63. The number of aryl methyl sites for hydroxylation is 2. The molecule has 7 heteroatoms. The van der Waals surface area contributed by atoms with Crippen molar-refractivity contribution in [2.24, 2.45) is 0 Å². The first-order chi connectivity index (χ1) is 13.6. The predicted molar refractivity (Wildman–Crippen MR) is 116 cm³/mol. The van der Waals surface area contributed by atoms with Crippen molar-refractivity contribution < 1.29 is 17.9 Å². The van der Waals surface area contributed by atoms with Crippen molar-refractivity contribution in [1.29, 1.82) is 0 Å². The molecule has 0 atom stereocenters. The van der Waals surface area contributed by atoms with Crippen LogP contribution in [0.5, 0.6) is 5.75 Å². The molecule has 1 N–H and O–H groups in total. The molecule has 2 aromatic rings. The SMILES string of the molecule is CCN(CC)S(=O)(=O)c1ccc(OC(C)C)c(NC(=O)c2ccc(C)cc2C)c1. The number of rotatable bonds is 8. The second-order valence-electron chi connectivity index (χ2n) is 7.19. The summed E-state index contributed by atoms with van der Waals surface area (Å²) in [6, 6.07) is 10.1. The highest BCUT2D eigenvalue weighted by Gasteiger charge is 2.24. The Bertz CT molecular complexity index is 980. The number of ether oxygens (including phenoxy) is 1.